The lowest BCUT2D eigenvalue weighted by Crippen LogP contribution is -2.13. The van der Waals surface area contributed by atoms with Gasteiger partial charge in [0.05, 0.1) is 18.2 Å². The van der Waals surface area contributed by atoms with Crippen molar-refractivity contribution in [1.29, 1.82) is 0 Å². The predicted octanol–water partition coefficient (Wildman–Crippen LogP) is 5.22. The fourth-order valence-electron chi connectivity index (χ4n) is 3.08. The number of pyridine rings is 1. The first-order valence-electron chi connectivity index (χ1n) is 10.0. The Hall–Kier alpha value is -3.98. The van der Waals surface area contributed by atoms with E-state index < -0.39 is 11.6 Å². The van der Waals surface area contributed by atoms with Crippen LogP contribution in [-0.2, 0) is 11.6 Å². The minimum Gasteiger partial charge on any atom is -0.492 e. The largest absolute Gasteiger partial charge is 0.492 e. The number of nitrogens with one attached hydrogen (secondary N) is 1. The summed E-state index contributed by atoms with van der Waals surface area (Å²) in [5, 5.41) is 3.60. The summed E-state index contributed by atoms with van der Waals surface area (Å²) in [6.07, 6.45) is 1.57. The maximum absolute atomic E-state index is 12.8. The van der Waals surface area contributed by atoms with Crippen LogP contribution in [0, 0.1) is 13.8 Å². The van der Waals surface area contributed by atoms with E-state index in [0.29, 0.717) is 40.8 Å². The first-order valence-corrected chi connectivity index (χ1v) is 10.7. The molecule has 0 radical (unpaired) electrons. The van der Waals surface area contributed by atoms with Gasteiger partial charge in [-0.3, -0.25) is 4.79 Å². The van der Waals surface area contributed by atoms with Crippen LogP contribution in [-0.4, -0.2) is 25.9 Å². The van der Waals surface area contributed by atoms with Crippen LogP contribution in [0.4, 0.5) is 5.82 Å². The summed E-state index contributed by atoms with van der Waals surface area (Å²) in [5.41, 5.74) is 2.14. The molecule has 0 bridgehead atoms. The maximum atomic E-state index is 12.8. The second-order valence-corrected chi connectivity index (χ2v) is 7.13. The third kappa shape index (κ3) is 6.27. The van der Waals surface area contributed by atoms with Crippen molar-refractivity contribution in [2.24, 2.45) is 0 Å². The van der Waals surface area contributed by atoms with Gasteiger partial charge < -0.3 is 19.2 Å². The molecule has 1 N–H and O–H groups in total. The Morgan fingerprint density at radius 1 is 1.03 bits per heavy atom. The molecular formula is C24H22N2O6S. The molecule has 170 valence electrons. The second kappa shape index (κ2) is 11.1. The van der Waals surface area contributed by atoms with Gasteiger partial charge in [-0.15, -0.1) is 0 Å². The van der Waals surface area contributed by atoms with E-state index in [-0.39, 0.29) is 5.91 Å². The zero-order chi connectivity index (χ0) is 23.8. The summed E-state index contributed by atoms with van der Waals surface area (Å²) >= 11 is -0.750. The highest BCUT2D eigenvalue weighted by Gasteiger charge is 2.16. The average molecular weight is 467 g/mol. The molecule has 0 saturated heterocycles. The molecule has 0 aliphatic carbocycles. The molecule has 4 rings (SSSR count). The van der Waals surface area contributed by atoms with Gasteiger partial charge in [0.15, 0.2) is 0 Å². The fraction of sp³-hybridized carbons (Fsp3) is 0.167. The van der Waals surface area contributed by atoms with Crippen LogP contribution in [0.15, 0.2) is 65.2 Å². The van der Waals surface area contributed by atoms with E-state index in [1.54, 1.807) is 30.5 Å². The third-order valence-electron chi connectivity index (χ3n) is 4.52. The number of aryl methyl sites for hydroxylation is 2. The molecule has 2 heterocycles. The molecule has 0 spiro atoms. The number of anilines is 1. The Kier molecular flexibility index (Phi) is 7.93. The van der Waals surface area contributed by atoms with E-state index in [4.69, 9.17) is 22.3 Å². The summed E-state index contributed by atoms with van der Waals surface area (Å²) in [7, 11) is 0. The molecule has 0 saturated carbocycles. The van der Waals surface area contributed by atoms with E-state index in [9.17, 15) is 4.79 Å². The summed E-state index contributed by atoms with van der Waals surface area (Å²) in [6, 6.07) is 16.5. The number of ether oxygens (including phenoxy) is 2. The van der Waals surface area contributed by atoms with Crippen molar-refractivity contribution in [2.75, 3.05) is 11.9 Å². The number of furan rings is 1. The Bertz CT molecular complexity index is 1280. The van der Waals surface area contributed by atoms with Gasteiger partial charge >= 0.3 is 11.6 Å². The first kappa shape index (κ1) is 23.7. The van der Waals surface area contributed by atoms with Crippen molar-refractivity contribution >= 4 is 34.3 Å². The van der Waals surface area contributed by atoms with Gasteiger partial charge in [0.25, 0.3) is 5.91 Å². The van der Waals surface area contributed by atoms with E-state index in [1.165, 1.54) is 0 Å². The van der Waals surface area contributed by atoms with E-state index in [1.807, 2.05) is 51.1 Å². The zero-order valence-corrected chi connectivity index (χ0v) is 19.1. The van der Waals surface area contributed by atoms with Gasteiger partial charge in [-0.2, -0.15) is 8.42 Å². The Labute approximate surface area is 194 Å². The second-order valence-electron chi connectivity index (χ2n) is 6.99. The van der Waals surface area contributed by atoms with Gasteiger partial charge in [-0.05, 0) is 63.2 Å². The monoisotopic (exact) mass is 466 g/mol. The van der Waals surface area contributed by atoms with Crippen molar-refractivity contribution in [3.05, 3.63) is 77.7 Å². The van der Waals surface area contributed by atoms with Crippen LogP contribution in [0.1, 0.15) is 28.6 Å². The lowest BCUT2D eigenvalue weighted by molar-refractivity contribution is 0.102. The number of rotatable bonds is 6. The number of fused-ring (bicyclic) bond motifs is 1. The molecule has 33 heavy (non-hydrogen) atoms. The summed E-state index contributed by atoms with van der Waals surface area (Å²) in [5.74, 6) is 2.75. The molecule has 8 nitrogen and oxygen atoms in total. The molecule has 9 heteroatoms. The number of amides is 1. The van der Waals surface area contributed by atoms with E-state index in [2.05, 4.69) is 10.3 Å². The smallest absolute Gasteiger partial charge is 0.335 e. The highest BCUT2D eigenvalue weighted by molar-refractivity contribution is 7.51. The molecule has 2 aromatic heterocycles. The molecule has 0 aliphatic heterocycles. The van der Waals surface area contributed by atoms with Crippen LogP contribution in [0.3, 0.4) is 0 Å². The number of aromatic nitrogens is 1. The molecule has 0 atom stereocenters. The predicted molar refractivity (Wildman–Crippen MR) is 124 cm³/mol. The van der Waals surface area contributed by atoms with E-state index in [0.717, 1.165) is 16.7 Å². The van der Waals surface area contributed by atoms with Crippen LogP contribution >= 0.6 is 0 Å². The standard InChI is InChI=1S/C24H22N2O4.O2S/c1-4-28-19-9-10-23(25-14-19)26-24(27)17-12-21-20(11-16(3)29-21)22(13-17)30-18-7-5-15(2)6-8-18;1-3-2/h5-14H,4H2,1-3H3,(H,25,26,27);. The normalized spacial score (nSPS) is 10.2. The zero-order valence-electron chi connectivity index (χ0n) is 18.3. The Morgan fingerprint density at radius 2 is 1.73 bits per heavy atom. The molecule has 4 aromatic rings. The van der Waals surface area contributed by atoms with Crippen molar-refractivity contribution in [3.8, 4) is 17.2 Å². The highest BCUT2D eigenvalue weighted by Crippen LogP contribution is 2.34. The van der Waals surface area contributed by atoms with Gasteiger partial charge in [0.1, 0.15) is 34.4 Å². The first-order chi connectivity index (χ1) is 15.9. The number of carbonyl (C=O) groups excluding carboxylic acids is 1. The fourth-order valence-corrected chi connectivity index (χ4v) is 3.08. The number of benzene rings is 2. The lowest BCUT2D eigenvalue weighted by atomic mass is 10.1. The number of nitrogens with zero attached hydrogens (tertiary/aromatic N) is 1. The van der Waals surface area contributed by atoms with Crippen molar-refractivity contribution < 1.29 is 27.1 Å². The van der Waals surface area contributed by atoms with E-state index >= 15 is 0 Å². The third-order valence-corrected chi connectivity index (χ3v) is 4.52. The number of hydrogen-bond acceptors (Lipinski definition) is 7. The minimum atomic E-state index is -0.750. The van der Waals surface area contributed by atoms with Crippen LogP contribution < -0.4 is 14.8 Å². The van der Waals surface area contributed by atoms with Crippen molar-refractivity contribution in [1.82, 2.24) is 4.98 Å². The Balaban J connectivity index is 0.000000968. The molecule has 2 aromatic carbocycles. The van der Waals surface area contributed by atoms with Crippen molar-refractivity contribution in [3.63, 3.8) is 0 Å². The Morgan fingerprint density at radius 3 is 2.36 bits per heavy atom. The van der Waals surface area contributed by atoms with Gasteiger partial charge in [0, 0.05) is 5.56 Å². The molecular weight excluding hydrogens is 444 g/mol. The van der Waals surface area contributed by atoms with Crippen LogP contribution in [0.2, 0.25) is 0 Å². The summed E-state index contributed by atoms with van der Waals surface area (Å²) < 4.78 is 33.8. The van der Waals surface area contributed by atoms with Crippen molar-refractivity contribution in [2.45, 2.75) is 20.8 Å². The highest BCUT2D eigenvalue weighted by atomic mass is 32.1. The summed E-state index contributed by atoms with van der Waals surface area (Å²) in [6.45, 7) is 6.33. The van der Waals surface area contributed by atoms with Gasteiger partial charge in [-0.1, -0.05) is 17.7 Å². The average Bonchev–Trinajstić information content (AvgIpc) is 3.18. The van der Waals surface area contributed by atoms with Gasteiger partial charge in [-0.25, -0.2) is 4.98 Å². The maximum Gasteiger partial charge on any atom is 0.335 e. The lowest BCUT2D eigenvalue weighted by Gasteiger charge is -2.10. The number of hydrogen-bond donors (Lipinski definition) is 1. The minimum absolute atomic E-state index is 0.309. The quantitative estimate of drug-likeness (QED) is 0.415. The number of carbonyl (C=O) groups is 1. The van der Waals surface area contributed by atoms with Crippen LogP contribution in [0.5, 0.6) is 17.2 Å². The molecule has 0 fully saturated rings. The van der Waals surface area contributed by atoms with Gasteiger partial charge in [0.2, 0.25) is 0 Å². The molecule has 0 aliphatic rings. The topological polar surface area (TPSA) is 108 Å². The molecule has 0 unspecified atom stereocenters. The molecule has 1 amide bonds. The van der Waals surface area contributed by atoms with Crippen LogP contribution in [0.25, 0.3) is 11.0 Å². The summed E-state index contributed by atoms with van der Waals surface area (Å²) in [4.78, 5) is 17.1. The SMILES string of the molecule is CCOc1ccc(NC(=O)c2cc(Oc3ccc(C)cc3)c3cc(C)oc3c2)nc1.O=S=O.